The van der Waals surface area contributed by atoms with Crippen LogP contribution in [0.2, 0.25) is 0 Å². The molecule has 1 aromatic carbocycles. The molecular weight excluding hydrogens is 346 g/mol. The largest absolute Gasteiger partial charge is 0.433 e. The van der Waals surface area contributed by atoms with Crippen molar-refractivity contribution >= 4 is 11.6 Å². The number of carbonyl (C=O) groups excluding carboxylic acids is 1. The van der Waals surface area contributed by atoms with E-state index < -0.39 is 6.61 Å². The highest BCUT2D eigenvalue weighted by atomic mass is 19.3. The normalized spacial score (nSPS) is 10.7. The third kappa shape index (κ3) is 4.59. The lowest BCUT2D eigenvalue weighted by Crippen LogP contribution is -2.14. The maximum absolute atomic E-state index is 12.4. The van der Waals surface area contributed by atoms with Crippen molar-refractivity contribution < 1.29 is 22.8 Å². The summed E-state index contributed by atoms with van der Waals surface area (Å²) in [6.07, 6.45) is 3.47. The minimum absolute atomic E-state index is 0.0427. The molecule has 3 rings (SSSR count). The monoisotopic (exact) mass is 360 g/mol. The minimum atomic E-state index is -2.97. The number of anilines is 1. The van der Waals surface area contributed by atoms with Crippen LogP contribution in [0.3, 0.4) is 0 Å². The van der Waals surface area contributed by atoms with Gasteiger partial charge in [0.15, 0.2) is 0 Å². The van der Waals surface area contributed by atoms with Crippen LogP contribution in [0.1, 0.15) is 12.3 Å². The summed E-state index contributed by atoms with van der Waals surface area (Å²) in [5.74, 6) is 0.204. The fourth-order valence-corrected chi connectivity index (χ4v) is 2.18. The van der Waals surface area contributed by atoms with E-state index in [-0.39, 0.29) is 30.2 Å². The zero-order valence-electron chi connectivity index (χ0n) is 13.4. The summed E-state index contributed by atoms with van der Waals surface area (Å²) in [6, 6.07) is 9.44. The van der Waals surface area contributed by atoms with Crippen LogP contribution in [0.15, 0.2) is 53.3 Å². The van der Waals surface area contributed by atoms with Gasteiger partial charge in [-0.3, -0.25) is 9.78 Å². The molecule has 0 aliphatic rings. The number of halogens is 2. The van der Waals surface area contributed by atoms with Gasteiger partial charge >= 0.3 is 6.61 Å². The number of ether oxygens (including phenoxy) is 1. The van der Waals surface area contributed by atoms with Gasteiger partial charge in [0.05, 0.1) is 5.69 Å². The number of rotatable bonds is 7. The Hall–Kier alpha value is -3.36. The van der Waals surface area contributed by atoms with E-state index >= 15 is 0 Å². The van der Waals surface area contributed by atoms with Crippen molar-refractivity contribution in [3.63, 3.8) is 0 Å². The van der Waals surface area contributed by atoms with Crippen LogP contribution in [-0.2, 0) is 11.2 Å². The van der Waals surface area contributed by atoms with Gasteiger partial charge in [0.25, 0.3) is 0 Å². The van der Waals surface area contributed by atoms with Gasteiger partial charge in [0.1, 0.15) is 5.75 Å². The lowest BCUT2D eigenvalue weighted by Gasteiger charge is -2.11. The van der Waals surface area contributed by atoms with Gasteiger partial charge in [-0.25, -0.2) is 0 Å². The van der Waals surface area contributed by atoms with E-state index in [0.717, 1.165) is 5.56 Å². The number of aryl methyl sites for hydroxylation is 1. The van der Waals surface area contributed by atoms with Crippen LogP contribution < -0.4 is 10.1 Å². The molecule has 0 spiro atoms. The maximum Gasteiger partial charge on any atom is 0.387 e. The third-order valence-electron chi connectivity index (χ3n) is 3.35. The number of para-hydroxylation sites is 2. The number of alkyl halides is 2. The zero-order valence-corrected chi connectivity index (χ0v) is 13.4. The topological polar surface area (TPSA) is 90.1 Å². The van der Waals surface area contributed by atoms with E-state index in [4.69, 9.17) is 4.52 Å². The Morgan fingerprint density at radius 1 is 1.19 bits per heavy atom. The van der Waals surface area contributed by atoms with Gasteiger partial charge in [0.2, 0.25) is 17.6 Å². The van der Waals surface area contributed by atoms with Gasteiger partial charge in [-0.15, -0.1) is 0 Å². The fourth-order valence-electron chi connectivity index (χ4n) is 2.18. The molecule has 9 heteroatoms. The molecule has 0 radical (unpaired) electrons. The molecule has 0 saturated heterocycles. The van der Waals surface area contributed by atoms with E-state index in [1.54, 1.807) is 30.6 Å². The summed E-state index contributed by atoms with van der Waals surface area (Å²) in [5.41, 5.74) is 0.915. The Labute approximate surface area is 147 Å². The number of nitrogens with one attached hydrogen (secondary N) is 1. The molecule has 0 aliphatic carbocycles. The fraction of sp³-hybridized carbons (Fsp3) is 0.176. The molecule has 0 saturated carbocycles. The molecule has 0 unspecified atom stereocenters. The second-order valence-corrected chi connectivity index (χ2v) is 5.17. The number of aromatic nitrogens is 3. The molecule has 2 aromatic heterocycles. The van der Waals surface area contributed by atoms with Crippen molar-refractivity contribution in [2.45, 2.75) is 19.5 Å². The quantitative estimate of drug-likeness (QED) is 0.695. The molecule has 0 fully saturated rings. The summed E-state index contributed by atoms with van der Waals surface area (Å²) >= 11 is 0. The van der Waals surface area contributed by atoms with E-state index in [1.165, 1.54) is 18.2 Å². The third-order valence-corrected chi connectivity index (χ3v) is 3.35. The molecule has 26 heavy (non-hydrogen) atoms. The van der Waals surface area contributed by atoms with Crippen molar-refractivity contribution in [1.29, 1.82) is 0 Å². The van der Waals surface area contributed by atoms with Crippen LogP contribution in [0.4, 0.5) is 14.5 Å². The molecule has 0 bridgehead atoms. The summed E-state index contributed by atoms with van der Waals surface area (Å²) in [7, 11) is 0. The lowest BCUT2D eigenvalue weighted by molar-refractivity contribution is -0.116. The van der Waals surface area contributed by atoms with Crippen molar-refractivity contribution in [3.05, 3.63) is 54.7 Å². The first-order chi connectivity index (χ1) is 12.6. The molecule has 1 amide bonds. The van der Waals surface area contributed by atoms with E-state index in [1.807, 2.05) is 0 Å². The molecule has 7 nitrogen and oxygen atoms in total. The SMILES string of the molecule is O=C(CCc1nc(-c2ccncc2)no1)Nc1ccccc1OC(F)F. The Kier molecular flexibility index (Phi) is 5.47. The average Bonchev–Trinajstić information content (AvgIpc) is 3.11. The molecule has 3 aromatic rings. The number of pyridine rings is 1. The van der Waals surface area contributed by atoms with Crippen molar-refractivity contribution in [3.8, 4) is 17.1 Å². The predicted molar refractivity (Wildman–Crippen MR) is 87.6 cm³/mol. The van der Waals surface area contributed by atoms with Gasteiger partial charge in [-0.05, 0) is 24.3 Å². The summed E-state index contributed by atoms with van der Waals surface area (Å²) in [4.78, 5) is 20.2. The molecule has 1 N–H and O–H groups in total. The Balaban J connectivity index is 1.58. The summed E-state index contributed by atoms with van der Waals surface area (Å²) < 4.78 is 34.2. The number of hydrogen-bond acceptors (Lipinski definition) is 6. The average molecular weight is 360 g/mol. The predicted octanol–water partition coefficient (Wildman–Crippen LogP) is 3.30. The van der Waals surface area contributed by atoms with E-state index in [2.05, 4.69) is 25.2 Å². The molecule has 0 aliphatic heterocycles. The number of hydrogen-bond donors (Lipinski definition) is 1. The maximum atomic E-state index is 12.4. The Morgan fingerprint density at radius 2 is 1.96 bits per heavy atom. The Bertz CT molecular complexity index is 871. The van der Waals surface area contributed by atoms with Crippen LogP contribution >= 0.6 is 0 Å². The minimum Gasteiger partial charge on any atom is -0.433 e. The standard InChI is InChI=1S/C17H14F2N4O3/c18-17(19)25-13-4-2-1-3-12(13)21-14(24)5-6-15-22-16(23-26-15)11-7-9-20-10-8-11/h1-4,7-10,17H,5-6H2,(H,21,24). The zero-order chi connectivity index (χ0) is 18.4. The highest BCUT2D eigenvalue weighted by Gasteiger charge is 2.13. The van der Waals surface area contributed by atoms with Crippen molar-refractivity contribution in [1.82, 2.24) is 15.1 Å². The smallest absolute Gasteiger partial charge is 0.387 e. The molecule has 2 heterocycles. The second kappa shape index (κ2) is 8.15. The molecular formula is C17H14F2N4O3. The lowest BCUT2D eigenvalue weighted by atomic mass is 10.2. The second-order valence-electron chi connectivity index (χ2n) is 5.17. The van der Waals surface area contributed by atoms with Gasteiger partial charge < -0.3 is 14.6 Å². The molecule has 134 valence electrons. The number of carbonyl (C=O) groups is 1. The van der Waals surface area contributed by atoms with Gasteiger partial charge in [0, 0.05) is 30.8 Å². The first kappa shape index (κ1) is 17.5. The van der Waals surface area contributed by atoms with Crippen LogP contribution in [-0.4, -0.2) is 27.6 Å². The van der Waals surface area contributed by atoms with E-state index in [0.29, 0.717) is 11.7 Å². The molecule has 0 atom stereocenters. The number of nitrogens with zero attached hydrogens (tertiary/aromatic N) is 3. The highest BCUT2D eigenvalue weighted by Crippen LogP contribution is 2.25. The number of amides is 1. The van der Waals surface area contributed by atoms with Crippen molar-refractivity contribution in [2.75, 3.05) is 5.32 Å². The summed E-state index contributed by atoms with van der Waals surface area (Å²) in [6.45, 7) is -2.97. The van der Waals surface area contributed by atoms with Gasteiger partial charge in [-0.1, -0.05) is 17.3 Å². The first-order valence-electron chi connectivity index (χ1n) is 7.68. The summed E-state index contributed by atoms with van der Waals surface area (Å²) in [5, 5.41) is 6.38. The first-order valence-corrected chi connectivity index (χ1v) is 7.68. The van der Waals surface area contributed by atoms with E-state index in [9.17, 15) is 13.6 Å². The van der Waals surface area contributed by atoms with Crippen LogP contribution in [0.5, 0.6) is 5.75 Å². The number of benzene rings is 1. The van der Waals surface area contributed by atoms with Crippen LogP contribution in [0, 0.1) is 0 Å². The highest BCUT2D eigenvalue weighted by molar-refractivity contribution is 5.92. The Morgan fingerprint density at radius 3 is 2.73 bits per heavy atom. The van der Waals surface area contributed by atoms with Crippen molar-refractivity contribution in [2.24, 2.45) is 0 Å². The van der Waals surface area contributed by atoms with Gasteiger partial charge in [-0.2, -0.15) is 13.8 Å². The van der Waals surface area contributed by atoms with Crippen LogP contribution in [0.25, 0.3) is 11.4 Å².